The van der Waals surface area contributed by atoms with Crippen LogP contribution in [0, 0.1) is 6.92 Å². The van der Waals surface area contributed by atoms with Gasteiger partial charge in [-0.15, -0.1) is 0 Å². The summed E-state index contributed by atoms with van der Waals surface area (Å²) in [5.41, 5.74) is 3.24. The summed E-state index contributed by atoms with van der Waals surface area (Å²) < 4.78 is 10.5. The highest BCUT2D eigenvalue weighted by molar-refractivity contribution is 6.11. The van der Waals surface area contributed by atoms with Crippen LogP contribution in [0.5, 0.6) is 5.75 Å². The fraction of sp³-hybridized carbons (Fsp3) is 0.100. The molecule has 4 nitrogen and oxygen atoms in total. The molecule has 24 heavy (non-hydrogen) atoms. The predicted octanol–water partition coefficient (Wildman–Crippen LogP) is 4.01. The van der Waals surface area contributed by atoms with Crippen LogP contribution < -0.4 is 4.74 Å². The molecule has 0 N–H and O–H groups in total. The fourth-order valence-corrected chi connectivity index (χ4v) is 2.27. The average molecular weight is 319 g/mol. The predicted molar refractivity (Wildman–Crippen MR) is 94.7 cm³/mol. The summed E-state index contributed by atoms with van der Waals surface area (Å²) in [7, 11) is 1.59. The number of aliphatic imine (C=N–C) groups is 1. The van der Waals surface area contributed by atoms with Gasteiger partial charge in [-0.3, -0.25) is 0 Å². The number of cyclic esters (lactones) is 1. The van der Waals surface area contributed by atoms with E-state index in [1.54, 1.807) is 19.3 Å². The van der Waals surface area contributed by atoms with Crippen molar-refractivity contribution in [2.75, 3.05) is 7.11 Å². The molecule has 0 amide bonds. The lowest BCUT2D eigenvalue weighted by Gasteiger charge is -2.03. The zero-order valence-corrected chi connectivity index (χ0v) is 13.5. The molecular formula is C20H17NO3. The number of nitrogens with zero attached hydrogens (tertiary/aromatic N) is 1. The summed E-state index contributed by atoms with van der Waals surface area (Å²) in [5, 5.41) is 0. The minimum Gasteiger partial charge on any atom is -0.496 e. The molecule has 1 aliphatic rings. The van der Waals surface area contributed by atoms with E-state index in [0.717, 1.165) is 11.1 Å². The standard InChI is InChI=1S/C20H17NO3/c1-14-7-9-15(10-8-14)11-12-19-21-17(20(22)24-19)13-16-5-3-4-6-18(16)23-2/h3-13H,1-2H3/b12-11+,17-13+. The lowest BCUT2D eigenvalue weighted by Crippen LogP contribution is -2.01. The Kier molecular flexibility index (Phi) is 4.57. The minimum atomic E-state index is -0.468. The first kappa shape index (κ1) is 15.7. The van der Waals surface area contributed by atoms with Crippen molar-refractivity contribution in [3.8, 4) is 5.75 Å². The molecule has 0 saturated heterocycles. The number of methoxy groups -OCH3 is 1. The largest absolute Gasteiger partial charge is 0.496 e. The molecule has 1 aliphatic heterocycles. The fourth-order valence-electron chi connectivity index (χ4n) is 2.27. The number of aryl methyl sites for hydroxylation is 1. The number of ether oxygens (including phenoxy) is 2. The maximum absolute atomic E-state index is 12.0. The highest BCUT2D eigenvalue weighted by Crippen LogP contribution is 2.23. The number of hydrogen-bond donors (Lipinski definition) is 0. The van der Waals surface area contributed by atoms with Crippen molar-refractivity contribution in [1.29, 1.82) is 0 Å². The van der Waals surface area contributed by atoms with Gasteiger partial charge in [-0.25, -0.2) is 9.79 Å². The molecule has 2 aromatic carbocycles. The van der Waals surface area contributed by atoms with Crippen LogP contribution in [-0.2, 0) is 9.53 Å². The van der Waals surface area contributed by atoms with Crippen molar-refractivity contribution in [2.24, 2.45) is 4.99 Å². The smallest absolute Gasteiger partial charge is 0.363 e. The van der Waals surface area contributed by atoms with E-state index >= 15 is 0 Å². The summed E-state index contributed by atoms with van der Waals surface area (Å²) in [6.07, 6.45) is 5.21. The zero-order valence-electron chi connectivity index (χ0n) is 13.5. The Morgan fingerprint density at radius 1 is 1.04 bits per heavy atom. The van der Waals surface area contributed by atoms with E-state index in [2.05, 4.69) is 4.99 Å². The Morgan fingerprint density at radius 2 is 1.79 bits per heavy atom. The second-order valence-corrected chi connectivity index (χ2v) is 5.36. The Labute approximate surface area is 140 Å². The molecular weight excluding hydrogens is 302 g/mol. The molecule has 0 fully saturated rings. The molecule has 0 spiro atoms. The van der Waals surface area contributed by atoms with Gasteiger partial charge in [0.2, 0.25) is 5.90 Å². The topological polar surface area (TPSA) is 47.9 Å². The van der Waals surface area contributed by atoms with E-state index in [9.17, 15) is 4.79 Å². The molecule has 4 heteroatoms. The SMILES string of the molecule is COc1ccccc1/C=C1N=C(/C=C/c2ccc(C)cc2)OC/1=O. The lowest BCUT2D eigenvalue weighted by molar-refractivity contribution is -0.129. The van der Waals surface area contributed by atoms with Crippen LogP contribution in [0.3, 0.4) is 0 Å². The molecule has 1 heterocycles. The number of benzene rings is 2. The minimum absolute atomic E-state index is 0.253. The van der Waals surface area contributed by atoms with Crippen LogP contribution in [0.25, 0.3) is 12.2 Å². The van der Waals surface area contributed by atoms with E-state index in [1.807, 2.05) is 61.5 Å². The first-order chi connectivity index (χ1) is 11.7. The van der Waals surface area contributed by atoms with Crippen LogP contribution in [0.1, 0.15) is 16.7 Å². The van der Waals surface area contributed by atoms with Crippen LogP contribution >= 0.6 is 0 Å². The van der Waals surface area contributed by atoms with Crippen LogP contribution in [-0.4, -0.2) is 19.0 Å². The summed E-state index contributed by atoms with van der Waals surface area (Å²) in [6.45, 7) is 2.03. The molecule has 0 atom stereocenters. The molecule has 0 aliphatic carbocycles. The van der Waals surface area contributed by atoms with Crippen molar-refractivity contribution in [3.05, 3.63) is 77.0 Å². The zero-order chi connectivity index (χ0) is 16.9. The van der Waals surface area contributed by atoms with Crippen LogP contribution in [0.4, 0.5) is 0 Å². The monoisotopic (exact) mass is 319 g/mol. The molecule has 0 aromatic heterocycles. The Hall–Kier alpha value is -3.14. The number of hydrogen-bond acceptors (Lipinski definition) is 4. The van der Waals surface area contributed by atoms with E-state index in [4.69, 9.17) is 9.47 Å². The number of rotatable bonds is 4. The van der Waals surface area contributed by atoms with Gasteiger partial charge in [-0.05, 0) is 30.7 Å². The molecule has 0 saturated carbocycles. The highest BCUT2D eigenvalue weighted by atomic mass is 16.6. The quantitative estimate of drug-likeness (QED) is 0.632. The number of para-hydroxylation sites is 1. The number of carbonyl (C=O) groups excluding carboxylic acids is 1. The summed E-state index contributed by atoms with van der Waals surface area (Å²) in [6, 6.07) is 15.5. The molecule has 0 bridgehead atoms. The second kappa shape index (κ2) is 6.96. The van der Waals surface area contributed by atoms with E-state index in [0.29, 0.717) is 5.75 Å². The Balaban J connectivity index is 1.82. The van der Waals surface area contributed by atoms with E-state index < -0.39 is 5.97 Å². The third-order valence-corrected chi connectivity index (χ3v) is 3.56. The molecule has 0 unspecified atom stereocenters. The van der Waals surface area contributed by atoms with Crippen molar-refractivity contribution >= 4 is 24.0 Å². The van der Waals surface area contributed by atoms with Gasteiger partial charge < -0.3 is 9.47 Å². The van der Waals surface area contributed by atoms with Gasteiger partial charge >= 0.3 is 5.97 Å². The van der Waals surface area contributed by atoms with Gasteiger partial charge in [0.25, 0.3) is 0 Å². The Bertz CT molecular complexity index is 845. The molecule has 0 radical (unpaired) electrons. The van der Waals surface area contributed by atoms with Gasteiger partial charge in [-0.2, -0.15) is 0 Å². The second-order valence-electron chi connectivity index (χ2n) is 5.36. The Morgan fingerprint density at radius 3 is 2.54 bits per heavy atom. The highest BCUT2D eigenvalue weighted by Gasteiger charge is 2.21. The van der Waals surface area contributed by atoms with Gasteiger partial charge in [0, 0.05) is 11.6 Å². The first-order valence-electron chi connectivity index (χ1n) is 7.56. The third-order valence-electron chi connectivity index (χ3n) is 3.56. The van der Waals surface area contributed by atoms with Crippen molar-refractivity contribution in [1.82, 2.24) is 0 Å². The lowest BCUT2D eigenvalue weighted by atomic mass is 10.1. The van der Waals surface area contributed by atoms with Crippen LogP contribution in [0.2, 0.25) is 0 Å². The van der Waals surface area contributed by atoms with Crippen LogP contribution in [0.15, 0.2) is 65.3 Å². The van der Waals surface area contributed by atoms with E-state index in [-0.39, 0.29) is 11.6 Å². The molecule has 3 rings (SSSR count). The molecule has 120 valence electrons. The van der Waals surface area contributed by atoms with E-state index in [1.165, 1.54) is 5.56 Å². The average Bonchev–Trinajstić information content (AvgIpc) is 2.95. The third kappa shape index (κ3) is 3.60. The van der Waals surface area contributed by atoms with Crippen molar-refractivity contribution < 1.29 is 14.3 Å². The molecule has 2 aromatic rings. The van der Waals surface area contributed by atoms with Gasteiger partial charge in [-0.1, -0.05) is 48.0 Å². The maximum Gasteiger partial charge on any atom is 0.363 e. The van der Waals surface area contributed by atoms with Gasteiger partial charge in [0.1, 0.15) is 5.75 Å². The van der Waals surface area contributed by atoms with Gasteiger partial charge in [0.15, 0.2) is 5.70 Å². The summed E-state index contributed by atoms with van der Waals surface area (Å²) in [4.78, 5) is 16.2. The first-order valence-corrected chi connectivity index (χ1v) is 7.56. The number of esters is 1. The summed E-state index contributed by atoms with van der Waals surface area (Å²) in [5.74, 6) is 0.489. The summed E-state index contributed by atoms with van der Waals surface area (Å²) >= 11 is 0. The van der Waals surface area contributed by atoms with Gasteiger partial charge in [0.05, 0.1) is 7.11 Å². The van der Waals surface area contributed by atoms with Crippen molar-refractivity contribution in [3.63, 3.8) is 0 Å². The maximum atomic E-state index is 12.0. The van der Waals surface area contributed by atoms with Crippen molar-refractivity contribution in [2.45, 2.75) is 6.92 Å². The number of carbonyl (C=O) groups is 1. The normalized spacial score (nSPS) is 15.7.